The molecule has 0 aliphatic carbocycles. The average molecular weight is 342 g/mol. The number of hydrogen-bond acceptors (Lipinski definition) is 4. The van der Waals surface area contributed by atoms with Crippen molar-refractivity contribution in [2.75, 3.05) is 34.3 Å². The van der Waals surface area contributed by atoms with Gasteiger partial charge in [-0.15, -0.1) is 0 Å². The van der Waals surface area contributed by atoms with Gasteiger partial charge in [0.15, 0.2) is 5.54 Å². The summed E-state index contributed by atoms with van der Waals surface area (Å²) < 4.78 is 7.16. The van der Waals surface area contributed by atoms with E-state index in [4.69, 9.17) is 4.74 Å². The van der Waals surface area contributed by atoms with Crippen molar-refractivity contribution in [2.45, 2.75) is 24.9 Å². The molecule has 6 nitrogen and oxygen atoms in total. The lowest BCUT2D eigenvalue weighted by Crippen LogP contribution is -2.58. The van der Waals surface area contributed by atoms with Crippen LogP contribution in [0, 0.1) is 0 Å². The molecule has 1 unspecified atom stereocenters. The van der Waals surface area contributed by atoms with Gasteiger partial charge in [-0.05, 0) is 43.1 Å². The number of hydrogen-bond donors (Lipinski definition) is 0. The van der Waals surface area contributed by atoms with Crippen LogP contribution in [0.15, 0.2) is 42.7 Å². The van der Waals surface area contributed by atoms with Crippen molar-refractivity contribution in [3.8, 4) is 5.75 Å². The van der Waals surface area contributed by atoms with Gasteiger partial charge in [-0.2, -0.15) is 5.10 Å². The Labute approximate surface area is 149 Å². The van der Waals surface area contributed by atoms with Crippen LogP contribution < -0.4 is 4.74 Å². The molecule has 1 amide bonds. The molecular weight excluding hydrogens is 316 g/mol. The molecule has 0 N–H and O–H groups in total. The Morgan fingerprint density at radius 2 is 2.20 bits per heavy atom. The van der Waals surface area contributed by atoms with E-state index in [1.54, 1.807) is 18.2 Å². The smallest absolute Gasteiger partial charge is 0.251 e. The number of aromatic nitrogens is 2. The minimum absolute atomic E-state index is 0.103. The lowest BCUT2D eigenvalue weighted by atomic mass is 9.87. The zero-order chi connectivity index (χ0) is 17.9. The Morgan fingerprint density at radius 1 is 1.36 bits per heavy atom. The van der Waals surface area contributed by atoms with Crippen molar-refractivity contribution in [3.63, 3.8) is 0 Å². The summed E-state index contributed by atoms with van der Waals surface area (Å²) in [5.41, 5.74) is 0.553. The quantitative estimate of drug-likeness (QED) is 0.834. The van der Waals surface area contributed by atoms with E-state index >= 15 is 0 Å². The summed E-state index contributed by atoms with van der Waals surface area (Å²) in [6.45, 7) is 2.42. The number of carbonyl (C=O) groups excluding carboxylic acids is 1. The predicted octanol–water partition coefficient (Wildman–Crippen LogP) is 1.97. The normalized spacial score (nSPS) is 21.1. The van der Waals surface area contributed by atoms with Crippen LogP contribution in [0.3, 0.4) is 0 Å². The van der Waals surface area contributed by atoms with Gasteiger partial charge in [-0.25, -0.2) is 0 Å². The molecule has 0 radical (unpaired) electrons. The molecule has 1 aromatic carbocycles. The van der Waals surface area contributed by atoms with Crippen molar-refractivity contribution >= 4 is 5.91 Å². The first kappa shape index (κ1) is 17.5. The van der Waals surface area contributed by atoms with Gasteiger partial charge < -0.3 is 9.64 Å². The Bertz CT molecular complexity index is 714. The van der Waals surface area contributed by atoms with Crippen molar-refractivity contribution in [2.24, 2.45) is 0 Å². The number of nitrogens with zero attached hydrogens (tertiary/aromatic N) is 4. The molecule has 1 aromatic heterocycles. The van der Waals surface area contributed by atoms with Gasteiger partial charge >= 0.3 is 0 Å². The molecule has 134 valence electrons. The summed E-state index contributed by atoms with van der Waals surface area (Å²) in [6, 6.07) is 9.98. The second kappa shape index (κ2) is 7.27. The maximum atomic E-state index is 13.0. The highest BCUT2D eigenvalue weighted by atomic mass is 16.5. The number of likely N-dealkylation sites (N-methyl/N-ethyl adjacent to an activating group) is 1. The van der Waals surface area contributed by atoms with E-state index in [-0.39, 0.29) is 5.91 Å². The van der Waals surface area contributed by atoms with E-state index in [0.29, 0.717) is 6.54 Å². The van der Waals surface area contributed by atoms with Crippen LogP contribution in [0.5, 0.6) is 5.75 Å². The number of rotatable bonds is 5. The third kappa shape index (κ3) is 3.54. The summed E-state index contributed by atoms with van der Waals surface area (Å²) >= 11 is 0. The summed E-state index contributed by atoms with van der Waals surface area (Å²) in [6.07, 6.45) is 5.41. The largest absolute Gasteiger partial charge is 0.497 e. The molecule has 3 rings (SSSR count). The van der Waals surface area contributed by atoms with Gasteiger partial charge in [-0.1, -0.05) is 12.1 Å². The van der Waals surface area contributed by atoms with E-state index in [9.17, 15) is 4.79 Å². The first-order valence-corrected chi connectivity index (χ1v) is 8.62. The molecule has 0 spiro atoms. The van der Waals surface area contributed by atoms with Gasteiger partial charge in [0.1, 0.15) is 5.75 Å². The molecule has 1 aliphatic heterocycles. The number of benzene rings is 1. The number of ether oxygens (including phenoxy) is 1. The van der Waals surface area contributed by atoms with E-state index in [1.807, 2.05) is 43.2 Å². The predicted molar refractivity (Wildman–Crippen MR) is 96.4 cm³/mol. The molecular formula is C19H26N4O2. The van der Waals surface area contributed by atoms with Gasteiger partial charge in [0.25, 0.3) is 5.91 Å². The van der Waals surface area contributed by atoms with Crippen molar-refractivity contribution in [1.29, 1.82) is 0 Å². The van der Waals surface area contributed by atoms with E-state index < -0.39 is 5.54 Å². The second-order valence-electron chi connectivity index (χ2n) is 6.85. The number of methoxy groups -OCH3 is 1. The zero-order valence-electron chi connectivity index (χ0n) is 15.2. The molecule has 25 heavy (non-hydrogen) atoms. The average Bonchev–Trinajstić information content (AvgIpc) is 3.16. The maximum absolute atomic E-state index is 13.0. The molecule has 0 bridgehead atoms. The lowest BCUT2D eigenvalue weighted by Gasteiger charge is -2.43. The highest BCUT2D eigenvalue weighted by Crippen LogP contribution is 2.31. The van der Waals surface area contributed by atoms with Gasteiger partial charge in [-0.3, -0.25) is 14.4 Å². The van der Waals surface area contributed by atoms with Crippen molar-refractivity contribution in [3.05, 3.63) is 48.3 Å². The monoisotopic (exact) mass is 342 g/mol. The first-order valence-electron chi connectivity index (χ1n) is 8.62. The number of piperidine rings is 1. The van der Waals surface area contributed by atoms with Gasteiger partial charge in [0.2, 0.25) is 0 Å². The minimum Gasteiger partial charge on any atom is -0.497 e. The molecule has 1 aliphatic rings. The first-order chi connectivity index (χ1) is 12.0. The standard InChI is InChI=1S/C19H26N4O2/c1-21(2)18(24)19(23-12-6-10-20-23)9-5-11-22(15-19)14-16-7-4-8-17(13-16)25-3/h4,6-8,10,12-13H,5,9,11,14-15H2,1-3H3. The van der Waals surface area contributed by atoms with E-state index in [2.05, 4.69) is 22.1 Å². The van der Waals surface area contributed by atoms with Gasteiger partial charge in [0.05, 0.1) is 7.11 Å². The topological polar surface area (TPSA) is 50.6 Å². The molecule has 2 aromatic rings. The summed E-state index contributed by atoms with van der Waals surface area (Å²) in [4.78, 5) is 17.0. The Morgan fingerprint density at radius 3 is 2.88 bits per heavy atom. The lowest BCUT2D eigenvalue weighted by molar-refractivity contribution is -0.142. The van der Waals surface area contributed by atoms with Crippen LogP contribution in [0.2, 0.25) is 0 Å². The number of likely N-dealkylation sites (tertiary alicyclic amines) is 1. The number of amides is 1. The SMILES string of the molecule is COc1cccc(CN2CCCC(C(=O)N(C)C)(n3cccn3)C2)c1. The highest BCUT2D eigenvalue weighted by molar-refractivity contribution is 5.84. The Kier molecular flexibility index (Phi) is 5.08. The Balaban J connectivity index is 1.85. The summed E-state index contributed by atoms with van der Waals surface area (Å²) in [7, 11) is 5.31. The van der Waals surface area contributed by atoms with E-state index in [0.717, 1.165) is 31.7 Å². The molecule has 0 saturated carbocycles. The molecule has 1 fully saturated rings. The number of carbonyl (C=O) groups is 1. The Hall–Kier alpha value is -2.34. The van der Waals surface area contributed by atoms with Crippen molar-refractivity contribution in [1.82, 2.24) is 19.6 Å². The van der Waals surface area contributed by atoms with Crippen LogP contribution in [0.4, 0.5) is 0 Å². The summed E-state index contributed by atoms with van der Waals surface area (Å²) in [5.74, 6) is 0.962. The summed E-state index contributed by atoms with van der Waals surface area (Å²) in [5, 5.41) is 4.41. The molecule has 2 heterocycles. The molecule has 1 atom stereocenters. The van der Waals surface area contributed by atoms with Crippen LogP contribution >= 0.6 is 0 Å². The fourth-order valence-electron chi connectivity index (χ4n) is 3.68. The third-order valence-corrected chi connectivity index (χ3v) is 4.84. The van der Waals surface area contributed by atoms with E-state index in [1.165, 1.54) is 5.56 Å². The van der Waals surface area contributed by atoms with Crippen LogP contribution in [0.25, 0.3) is 0 Å². The maximum Gasteiger partial charge on any atom is 0.251 e. The molecule has 6 heteroatoms. The fraction of sp³-hybridized carbons (Fsp3) is 0.474. The van der Waals surface area contributed by atoms with Gasteiger partial charge in [0, 0.05) is 39.6 Å². The van der Waals surface area contributed by atoms with Crippen molar-refractivity contribution < 1.29 is 9.53 Å². The third-order valence-electron chi connectivity index (χ3n) is 4.84. The zero-order valence-corrected chi connectivity index (χ0v) is 15.2. The van der Waals surface area contributed by atoms with Crippen LogP contribution in [-0.2, 0) is 16.9 Å². The fourth-order valence-corrected chi connectivity index (χ4v) is 3.68. The highest BCUT2D eigenvalue weighted by Gasteiger charge is 2.45. The second-order valence-corrected chi connectivity index (χ2v) is 6.85. The minimum atomic E-state index is -0.635. The van der Waals surface area contributed by atoms with Crippen LogP contribution in [0.1, 0.15) is 18.4 Å². The van der Waals surface area contributed by atoms with Crippen LogP contribution in [-0.4, -0.2) is 59.8 Å². The molecule has 1 saturated heterocycles.